The molecular formula is C19H22N2O3. The van der Waals surface area contributed by atoms with Crippen LogP contribution in [-0.4, -0.2) is 25.0 Å². The van der Waals surface area contributed by atoms with Crippen molar-refractivity contribution in [2.75, 3.05) is 17.3 Å². The Kier molecular flexibility index (Phi) is 5.58. The first-order chi connectivity index (χ1) is 11.4. The maximum atomic E-state index is 12.2. The predicted octanol–water partition coefficient (Wildman–Crippen LogP) is 3.38. The van der Waals surface area contributed by atoms with E-state index in [4.69, 9.17) is 4.74 Å². The molecule has 2 aromatic rings. The lowest BCUT2D eigenvalue weighted by molar-refractivity contribution is -0.122. The largest absolute Gasteiger partial charge is 0.481 e. The molecule has 0 aromatic heterocycles. The Balaban J connectivity index is 1.95. The Morgan fingerprint density at radius 1 is 1.04 bits per heavy atom. The molecule has 5 nitrogen and oxygen atoms in total. The molecule has 0 aliphatic carbocycles. The first kappa shape index (κ1) is 17.5. The lowest BCUT2D eigenvalue weighted by Gasteiger charge is -2.17. The average molecular weight is 326 g/mol. The van der Waals surface area contributed by atoms with Crippen LogP contribution in [-0.2, 0) is 9.59 Å². The maximum absolute atomic E-state index is 12.2. The Morgan fingerprint density at radius 2 is 1.62 bits per heavy atom. The summed E-state index contributed by atoms with van der Waals surface area (Å²) in [6.45, 7) is 5.19. The fourth-order valence-electron chi connectivity index (χ4n) is 2.07. The van der Waals surface area contributed by atoms with Gasteiger partial charge in [0, 0.05) is 25.3 Å². The molecule has 0 saturated heterocycles. The molecule has 1 atom stereocenters. The third-order valence-corrected chi connectivity index (χ3v) is 3.70. The fourth-order valence-corrected chi connectivity index (χ4v) is 2.07. The molecule has 0 radical (unpaired) electrons. The second-order valence-corrected chi connectivity index (χ2v) is 5.69. The molecule has 2 rings (SSSR count). The van der Waals surface area contributed by atoms with Crippen LogP contribution in [0.3, 0.4) is 0 Å². The van der Waals surface area contributed by atoms with Crippen LogP contribution >= 0.6 is 0 Å². The number of nitrogens with one attached hydrogen (secondary N) is 1. The van der Waals surface area contributed by atoms with Crippen molar-refractivity contribution < 1.29 is 14.3 Å². The van der Waals surface area contributed by atoms with Gasteiger partial charge in [0.05, 0.1) is 0 Å². The van der Waals surface area contributed by atoms with Crippen LogP contribution in [0.5, 0.6) is 5.75 Å². The van der Waals surface area contributed by atoms with E-state index in [1.165, 1.54) is 11.8 Å². The zero-order chi connectivity index (χ0) is 17.7. The van der Waals surface area contributed by atoms with E-state index in [2.05, 4.69) is 5.32 Å². The third kappa shape index (κ3) is 4.59. The number of carbonyl (C=O) groups excluding carboxylic acids is 2. The van der Waals surface area contributed by atoms with Crippen LogP contribution < -0.4 is 15.0 Å². The van der Waals surface area contributed by atoms with Crippen LogP contribution in [0, 0.1) is 6.92 Å². The molecule has 126 valence electrons. The minimum atomic E-state index is -0.618. The quantitative estimate of drug-likeness (QED) is 0.916. The first-order valence-electron chi connectivity index (χ1n) is 7.75. The van der Waals surface area contributed by atoms with Crippen molar-refractivity contribution in [1.82, 2.24) is 0 Å². The monoisotopic (exact) mass is 326 g/mol. The first-order valence-corrected chi connectivity index (χ1v) is 7.75. The van der Waals surface area contributed by atoms with Gasteiger partial charge < -0.3 is 15.0 Å². The minimum Gasteiger partial charge on any atom is -0.481 e. The van der Waals surface area contributed by atoms with Crippen molar-refractivity contribution in [2.24, 2.45) is 0 Å². The second kappa shape index (κ2) is 7.64. The zero-order valence-electron chi connectivity index (χ0n) is 14.4. The van der Waals surface area contributed by atoms with Gasteiger partial charge in [0.1, 0.15) is 5.75 Å². The summed E-state index contributed by atoms with van der Waals surface area (Å²) in [5.41, 5.74) is 2.56. The Bertz CT molecular complexity index is 708. The topological polar surface area (TPSA) is 58.6 Å². The molecule has 2 aromatic carbocycles. The van der Waals surface area contributed by atoms with E-state index in [9.17, 15) is 9.59 Å². The summed E-state index contributed by atoms with van der Waals surface area (Å²) >= 11 is 0. The van der Waals surface area contributed by atoms with E-state index in [-0.39, 0.29) is 11.8 Å². The number of amides is 2. The van der Waals surface area contributed by atoms with Gasteiger partial charge in [0.25, 0.3) is 5.91 Å². The molecule has 0 bridgehead atoms. The number of rotatable bonds is 5. The highest BCUT2D eigenvalue weighted by Crippen LogP contribution is 2.18. The van der Waals surface area contributed by atoms with Gasteiger partial charge >= 0.3 is 0 Å². The van der Waals surface area contributed by atoms with Gasteiger partial charge in [-0.15, -0.1) is 0 Å². The molecule has 0 aliphatic rings. The summed E-state index contributed by atoms with van der Waals surface area (Å²) in [6.07, 6.45) is -0.618. The van der Waals surface area contributed by atoms with Crippen molar-refractivity contribution in [3.8, 4) is 5.75 Å². The normalized spacial score (nSPS) is 11.5. The van der Waals surface area contributed by atoms with Gasteiger partial charge in [-0.25, -0.2) is 0 Å². The summed E-state index contributed by atoms with van der Waals surface area (Å²) in [4.78, 5) is 25.1. The van der Waals surface area contributed by atoms with Gasteiger partial charge in [-0.05, 0) is 50.2 Å². The number of hydrogen-bond donors (Lipinski definition) is 1. The van der Waals surface area contributed by atoms with Crippen LogP contribution in [0.2, 0.25) is 0 Å². The molecular weight excluding hydrogens is 304 g/mol. The number of carbonyl (C=O) groups is 2. The highest BCUT2D eigenvalue weighted by molar-refractivity contribution is 5.95. The Hall–Kier alpha value is -2.82. The average Bonchev–Trinajstić information content (AvgIpc) is 2.56. The summed E-state index contributed by atoms with van der Waals surface area (Å²) in [5.74, 6) is 0.372. The van der Waals surface area contributed by atoms with E-state index >= 15 is 0 Å². The molecule has 24 heavy (non-hydrogen) atoms. The van der Waals surface area contributed by atoms with Crippen molar-refractivity contribution in [3.63, 3.8) is 0 Å². The standard InChI is InChI=1S/C19H22N2O3/c1-13-5-11-18(12-6-13)24-14(2)19(23)20-16-7-9-17(10-8-16)21(4)15(3)22/h5-12,14H,1-4H3,(H,20,23)/t14-/m1/s1. The summed E-state index contributed by atoms with van der Waals surface area (Å²) in [6, 6.07) is 14.6. The third-order valence-electron chi connectivity index (χ3n) is 3.70. The number of nitrogens with zero attached hydrogens (tertiary/aromatic N) is 1. The fraction of sp³-hybridized carbons (Fsp3) is 0.263. The molecule has 5 heteroatoms. The lowest BCUT2D eigenvalue weighted by Crippen LogP contribution is -2.30. The Morgan fingerprint density at radius 3 is 2.17 bits per heavy atom. The molecule has 0 heterocycles. The van der Waals surface area contributed by atoms with E-state index < -0.39 is 6.10 Å². The highest BCUT2D eigenvalue weighted by Gasteiger charge is 2.15. The van der Waals surface area contributed by atoms with Gasteiger partial charge in [-0.2, -0.15) is 0 Å². The summed E-state index contributed by atoms with van der Waals surface area (Å²) in [7, 11) is 1.70. The molecule has 0 spiro atoms. The van der Waals surface area contributed by atoms with E-state index in [1.807, 2.05) is 31.2 Å². The van der Waals surface area contributed by atoms with Gasteiger partial charge in [0.2, 0.25) is 5.91 Å². The summed E-state index contributed by atoms with van der Waals surface area (Å²) in [5, 5.41) is 2.80. The smallest absolute Gasteiger partial charge is 0.265 e. The molecule has 0 unspecified atom stereocenters. The van der Waals surface area contributed by atoms with E-state index in [1.54, 1.807) is 38.2 Å². The van der Waals surface area contributed by atoms with Crippen molar-refractivity contribution in [1.29, 1.82) is 0 Å². The second-order valence-electron chi connectivity index (χ2n) is 5.69. The molecule has 0 saturated carbocycles. The molecule has 1 N–H and O–H groups in total. The molecule has 0 fully saturated rings. The van der Waals surface area contributed by atoms with Crippen molar-refractivity contribution in [2.45, 2.75) is 26.9 Å². The number of benzene rings is 2. The molecule has 2 amide bonds. The van der Waals surface area contributed by atoms with Crippen LogP contribution in [0.25, 0.3) is 0 Å². The van der Waals surface area contributed by atoms with Gasteiger partial charge in [-0.1, -0.05) is 17.7 Å². The SMILES string of the molecule is CC(=O)N(C)c1ccc(NC(=O)[C@@H](C)Oc2ccc(C)cc2)cc1. The van der Waals surface area contributed by atoms with Gasteiger partial charge in [0.15, 0.2) is 6.10 Å². The van der Waals surface area contributed by atoms with Gasteiger partial charge in [-0.3, -0.25) is 9.59 Å². The Labute approximate surface area is 142 Å². The zero-order valence-corrected chi connectivity index (χ0v) is 14.4. The maximum Gasteiger partial charge on any atom is 0.265 e. The number of ether oxygens (including phenoxy) is 1. The number of hydrogen-bond acceptors (Lipinski definition) is 3. The predicted molar refractivity (Wildman–Crippen MR) is 95.4 cm³/mol. The van der Waals surface area contributed by atoms with E-state index in [0.29, 0.717) is 11.4 Å². The number of anilines is 2. The number of aryl methyl sites for hydroxylation is 1. The highest BCUT2D eigenvalue weighted by atomic mass is 16.5. The van der Waals surface area contributed by atoms with Crippen LogP contribution in [0.15, 0.2) is 48.5 Å². The van der Waals surface area contributed by atoms with E-state index in [0.717, 1.165) is 11.3 Å². The van der Waals surface area contributed by atoms with Crippen molar-refractivity contribution in [3.05, 3.63) is 54.1 Å². The summed E-state index contributed by atoms with van der Waals surface area (Å²) < 4.78 is 5.63. The lowest BCUT2D eigenvalue weighted by atomic mass is 10.2. The minimum absolute atomic E-state index is 0.0492. The van der Waals surface area contributed by atoms with Crippen molar-refractivity contribution >= 4 is 23.2 Å². The van der Waals surface area contributed by atoms with Crippen LogP contribution in [0.4, 0.5) is 11.4 Å². The molecule has 0 aliphatic heterocycles. The van der Waals surface area contributed by atoms with Crippen LogP contribution in [0.1, 0.15) is 19.4 Å².